The highest BCUT2D eigenvalue weighted by atomic mass is 79.9. The summed E-state index contributed by atoms with van der Waals surface area (Å²) in [4.78, 5) is 15.9. The summed E-state index contributed by atoms with van der Waals surface area (Å²) in [6, 6.07) is 9.15. The Balaban J connectivity index is 1.83. The lowest BCUT2D eigenvalue weighted by molar-refractivity contribution is -0.122. The highest BCUT2D eigenvalue weighted by molar-refractivity contribution is 9.11. The van der Waals surface area contributed by atoms with Gasteiger partial charge in [-0.15, -0.1) is 0 Å². The van der Waals surface area contributed by atoms with Gasteiger partial charge in [-0.1, -0.05) is 29.3 Å². The normalized spacial score (nSPS) is 15.6. The van der Waals surface area contributed by atoms with Crippen molar-refractivity contribution in [2.24, 2.45) is 0 Å². The maximum atomic E-state index is 12.6. The van der Waals surface area contributed by atoms with E-state index in [0.717, 1.165) is 20.1 Å². The molecule has 0 N–H and O–H groups in total. The van der Waals surface area contributed by atoms with Crippen molar-refractivity contribution in [2.45, 2.75) is 13.5 Å². The third-order valence-electron chi connectivity index (χ3n) is 4.35. The number of carbonyl (C=O) groups excluding carboxylic acids is 1. The molecular formula is C20H16Br2Cl2N2O2S. The van der Waals surface area contributed by atoms with Gasteiger partial charge in [-0.3, -0.25) is 9.69 Å². The summed E-state index contributed by atoms with van der Waals surface area (Å²) in [5.74, 6) is 0.544. The first kappa shape index (κ1) is 22.6. The highest BCUT2D eigenvalue weighted by Crippen LogP contribution is 2.36. The SMILES string of the molecule is CCN1C(=O)/C(=C/c2cc(Br)c(OCc3ccc(Cl)c(Cl)c3)c(Br)c2)N(C)C1=S. The quantitative estimate of drug-likeness (QED) is 0.299. The van der Waals surface area contributed by atoms with Gasteiger partial charge in [0.2, 0.25) is 0 Å². The summed E-state index contributed by atoms with van der Waals surface area (Å²) in [5.41, 5.74) is 2.26. The zero-order valence-electron chi connectivity index (χ0n) is 15.5. The van der Waals surface area contributed by atoms with E-state index in [1.165, 1.54) is 0 Å². The summed E-state index contributed by atoms with van der Waals surface area (Å²) in [6.07, 6.45) is 1.81. The second kappa shape index (κ2) is 9.35. The monoisotopic (exact) mass is 576 g/mol. The Kier molecular flexibility index (Phi) is 7.27. The minimum atomic E-state index is -0.104. The molecule has 152 valence electrons. The zero-order valence-corrected chi connectivity index (χ0v) is 21.0. The smallest absolute Gasteiger partial charge is 0.276 e. The molecule has 1 aliphatic heterocycles. The second-order valence-corrected chi connectivity index (χ2v) is 9.16. The van der Waals surface area contributed by atoms with Crippen molar-refractivity contribution in [3.63, 3.8) is 0 Å². The molecule has 1 saturated heterocycles. The summed E-state index contributed by atoms with van der Waals surface area (Å²) in [5, 5.41) is 1.49. The standard InChI is InChI=1S/C20H16Br2Cl2N2O2S/c1-3-26-19(27)17(25(2)20(26)29)9-12-6-13(21)18(14(22)7-12)28-10-11-4-5-15(23)16(24)8-11/h4-9H,3,10H2,1-2H3/b17-9-. The molecule has 9 heteroatoms. The van der Waals surface area contributed by atoms with Crippen LogP contribution in [0.4, 0.5) is 0 Å². The second-order valence-electron chi connectivity index (χ2n) is 6.27. The molecule has 4 nitrogen and oxygen atoms in total. The van der Waals surface area contributed by atoms with Gasteiger partial charge in [0.15, 0.2) is 5.11 Å². The molecular weight excluding hydrogens is 563 g/mol. The van der Waals surface area contributed by atoms with Crippen LogP contribution in [0.15, 0.2) is 45.0 Å². The van der Waals surface area contributed by atoms with Gasteiger partial charge < -0.3 is 9.64 Å². The number of thiocarbonyl (C=S) groups is 1. The molecule has 1 fully saturated rings. The lowest BCUT2D eigenvalue weighted by atomic mass is 10.1. The zero-order chi connectivity index (χ0) is 21.3. The van der Waals surface area contributed by atoms with E-state index in [1.54, 1.807) is 29.0 Å². The Hall–Kier alpha value is -1.12. The fourth-order valence-corrected chi connectivity index (χ4v) is 4.92. The number of ether oxygens (including phenoxy) is 1. The van der Waals surface area contributed by atoms with Crippen LogP contribution in [0.25, 0.3) is 6.08 Å². The average molecular weight is 579 g/mol. The van der Waals surface area contributed by atoms with Gasteiger partial charge in [0.1, 0.15) is 18.1 Å². The van der Waals surface area contributed by atoms with Crippen molar-refractivity contribution in [1.82, 2.24) is 9.80 Å². The molecule has 0 atom stereocenters. The third kappa shape index (κ3) is 4.80. The van der Waals surface area contributed by atoms with Gasteiger partial charge in [-0.2, -0.15) is 0 Å². The van der Waals surface area contributed by atoms with Crippen LogP contribution in [0, 0.1) is 0 Å². The third-order valence-corrected chi connectivity index (χ3v) is 6.76. The Bertz CT molecular complexity index is 1010. The molecule has 0 unspecified atom stereocenters. The fourth-order valence-electron chi connectivity index (χ4n) is 2.83. The Morgan fingerprint density at radius 2 is 1.79 bits per heavy atom. The van der Waals surface area contributed by atoms with Gasteiger partial charge in [-0.05, 0) is 92.5 Å². The van der Waals surface area contributed by atoms with Crippen molar-refractivity contribution in [3.05, 3.63) is 66.1 Å². The molecule has 0 saturated carbocycles. The van der Waals surface area contributed by atoms with E-state index >= 15 is 0 Å². The number of hydrogen-bond donors (Lipinski definition) is 0. The van der Waals surface area contributed by atoms with Crippen LogP contribution in [-0.4, -0.2) is 34.4 Å². The average Bonchev–Trinajstić information content (AvgIpc) is 2.87. The molecule has 2 aromatic rings. The number of halogens is 4. The van der Waals surface area contributed by atoms with Gasteiger partial charge in [0.05, 0.1) is 19.0 Å². The van der Waals surface area contributed by atoms with Crippen LogP contribution >= 0.6 is 67.3 Å². The molecule has 1 amide bonds. The van der Waals surface area contributed by atoms with Gasteiger partial charge in [0.25, 0.3) is 5.91 Å². The largest absolute Gasteiger partial charge is 0.487 e. The molecule has 0 radical (unpaired) electrons. The maximum absolute atomic E-state index is 12.6. The highest BCUT2D eigenvalue weighted by Gasteiger charge is 2.34. The van der Waals surface area contributed by atoms with Crippen LogP contribution in [0.2, 0.25) is 10.0 Å². The van der Waals surface area contributed by atoms with Crippen molar-refractivity contribution in [1.29, 1.82) is 0 Å². The van der Waals surface area contributed by atoms with E-state index < -0.39 is 0 Å². The minimum Gasteiger partial charge on any atom is -0.487 e. The predicted octanol–water partition coefficient (Wildman–Crippen LogP) is 6.52. The Morgan fingerprint density at radius 1 is 1.14 bits per heavy atom. The van der Waals surface area contributed by atoms with Crippen molar-refractivity contribution >= 4 is 84.4 Å². The molecule has 0 spiro atoms. The summed E-state index contributed by atoms with van der Waals surface area (Å²) < 4.78 is 7.45. The first-order valence-corrected chi connectivity index (χ1v) is 11.3. The van der Waals surface area contributed by atoms with Crippen molar-refractivity contribution in [3.8, 4) is 5.75 Å². The van der Waals surface area contributed by atoms with E-state index in [4.69, 9.17) is 40.2 Å². The lowest BCUT2D eigenvalue weighted by Crippen LogP contribution is -2.30. The summed E-state index contributed by atoms with van der Waals surface area (Å²) in [6.45, 7) is 2.76. The number of carbonyl (C=O) groups is 1. The maximum Gasteiger partial charge on any atom is 0.276 e. The van der Waals surface area contributed by atoms with Crippen LogP contribution < -0.4 is 4.74 Å². The number of benzene rings is 2. The van der Waals surface area contributed by atoms with E-state index in [2.05, 4.69) is 31.9 Å². The number of likely N-dealkylation sites (N-methyl/N-ethyl adjacent to an activating group) is 2. The first-order chi connectivity index (χ1) is 13.7. The van der Waals surface area contributed by atoms with E-state index in [-0.39, 0.29) is 5.91 Å². The van der Waals surface area contributed by atoms with E-state index in [1.807, 2.05) is 31.2 Å². The van der Waals surface area contributed by atoms with E-state index in [0.29, 0.717) is 39.8 Å². The topological polar surface area (TPSA) is 32.8 Å². The lowest BCUT2D eigenvalue weighted by Gasteiger charge is -2.14. The number of nitrogens with zero attached hydrogens (tertiary/aromatic N) is 2. The summed E-state index contributed by atoms with van der Waals surface area (Å²) in [7, 11) is 1.79. The van der Waals surface area contributed by atoms with Gasteiger partial charge >= 0.3 is 0 Å². The molecule has 3 rings (SSSR count). The van der Waals surface area contributed by atoms with Gasteiger partial charge in [0, 0.05) is 13.6 Å². The predicted molar refractivity (Wildman–Crippen MR) is 128 cm³/mol. The fraction of sp³-hybridized carbons (Fsp3) is 0.200. The summed E-state index contributed by atoms with van der Waals surface area (Å²) >= 11 is 24.4. The molecule has 1 aliphatic rings. The molecule has 29 heavy (non-hydrogen) atoms. The van der Waals surface area contributed by atoms with E-state index in [9.17, 15) is 4.79 Å². The number of rotatable bonds is 5. The number of amides is 1. The van der Waals surface area contributed by atoms with Crippen LogP contribution in [0.3, 0.4) is 0 Å². The Labute approximate surface area is 201 Å². The molecule has 0 aromatic heterocycles. The van der Waals surface area contributed by atoms with Crippen LogP contribution in [0.1, 0.15) is 18.1 Å². The first-order valence-electron chi connectivity index (χ1n) is 8.60. The van der Waals surface area contributed by atoms with Crippen LogP contribution in [0.5, 0.6) is 5.75 Å². The molecule has 0 aliphatic carbocycles. The molecule has 0 bridgehead atoms. The van der Waals surface area contributed by atoms with Gasteiger partial charge in [-0.25, -0.2) is 0 Å². The van der Waals surface area contributed by atoms with Crippen molar-refractivity contribution < 1.29 is 9.53 Å². The van der Waals surface area contributed by atoms with Crippen LogP contribution in [-0.2, 0) is 11.4 Å². The Morgan fingerprint density at radius 3 is 2.34 bits per heavy atom. The van der Waals surface area contributed by atoms with Crippen molar-refractivity contribution in [2.75, 3.05) is 13.6 Å². The minimum absolute atomic E-state index is 0.104. The molecule has 1 heterocycles. The number of hydrogen-bond acceptors (Lipinski definition) is 3. The molecule has 2 aromatic carbocycles.